The number of carbonyl (C=O) groups excluding carboxylic acids is 1. The fourth-order valence-corrected chi connectivity index (χ4v) is 1.75. The van der Waals surface area contributed by atoms with Crippen LogP contribution in [0.25, 0.3) is 0 Å². The fraction of sp³-hybridized carbons (Fsp3) is 0. The standard InChI is InChI=1S/C8H4BrNO2S/c9-7-3-5(4-12-7)8(11)6-1-2-13-10-6/h1-4H. The zero-order chi connectivity index (χ0) is 9.26. The van der Waals surface area contributed by atoms with Crippen molar-refractivity contribution in [2.45, 2.75) is 0 Å². The minimum absolute atomic E-state index is 0.115. The molecule has 66 valence electrons. The van der Waals surface area contributed by atoms with Crippen molar-refractivity contribution in [1.29, 1.82) is 0 Å². The van der Waals surface area contributed by atoms with Crippen LogP contribution in [0.15, 0.2) is 32.9 Å². The van der Waals surface area contributed by atoms with Gasteiger partial charge in [-0.2, -0.15) is 4.37 Å². The van der Waals surface area contributed by atoms with Crippen molar-refractivity contribution in [2.24, 2.45) is 0 Å². The molecule has 2 aromatic rings. The molecule has 0 aromatic carbocycles. The van der Waals surface area contributed by atoms with Crippen LogP contribution >= 0.6 is 27.5 Å². The van der Waals surface area contributed by atoms with Crippen molar-refractivity contribution in [3.05, 3.63) is 39.7 Å². The lowest BCUT2D eigenvalue weighted by molar-refractivity contribution is 0.103. The number of halogens is 1. The van der Waals surface area contributed by atoms with E-state index in [0.717, 1.165) is 0 Å². The molecule has 0 aliphatic heterocycles. The number of hydrogen-bond donors (Lipinski definition) is 0. The molecule has 0 spiro atoms. The second-order valence-electron chi connectivity index (χ2n) is 2.35. The number of ketones is 1. The maximum Gasteiger partial charge on any atom is 0.215 e. The molecule has 0 aliphatic rings. The summed E-state index contributed by atoms with van der Waals surface area (Å²) < 4.78 is 9.44. The molecular formula is C8H4BrNO2S. The highest BCUT2D eigenvalue weighted by Gasteiger charge is 2.13. The topological polar surface area (TPSA) is 43.1 Å². The molecule has 2 rings (SSSR count). The highest BCUT2D eigenvalue weighted by Crippen LogP contribution is 2.17. The Morgan fingerprint density at radius 2 is 2.46 bits per heavy atom. The number of nitrogens with zero attached hydrogens (tertiary/aromatic N) is 1. The molecule has 0 saturated heterocycles. The number of rotatable bonds is 2. The van der Waals surface area contributed by atoms with Gasteiger partial charge >= 0.3 is 0 Å². The van der Waals surface area contributed by atoms with E-state index in [4.69, 9.17) is 4.42 Å². The summed E-state index contributed by atoms with van der Waals surface area (Å²) >= 11 is 4.38. The predicted molar refractivity (Wildman–Crippen MR) is 52.0 cm³/mol. The Bertz CT molecular complexity index is 421. The van der Waals surface area contributed by atoms with Gasteiger partial charge in [0.1, 0.15) is 12.0 Å². The van der Waals surface area contributed by atoms with E-state index in [1.165, 1.54) is 17.8 Å². The van der Waals surface area contributed by atoms with E-state index in [-0.39, 0.29) is 5.78 Å². The van der Waals surface area contributed by atoms with Crippen molar-refractivity contribution in [2.75, 3.05) is 0 Å². The van der Waals surface area contributed by atoms with E-state index in [1.54, 1.807) is 17.5 Å². The fourth-order valence-electron chi connectivity index (χ4n) is 0.907. The number of aromatic nitrogens is 1. The molecule has 2 aromatic heterocycles. The summed E-state index contributed by atoms with van der Waals surface area (Å²) in [5.41, 5.74) is 0.969. The van der Waals surface area contributed by atoms with Crippen LogP contribution in [0.2, 0.25) is 0 Å². The number of furan rings is 1. The summed E-state index contributed by atoms with van der Waals surface area (Å²) in [5, 5.41) is 1.77. The minimum Gasteiger partial charge on any atom is -0.457 e. The first-order valence-electron chi connectivity index (χ1n) is 3.46. The smallest absolute Gasteiger partial charge is 0.215 e. The summed E-state index contributed by atoms with van der Waals surface area (Å²) in [6.07, 6.45) is 1.41. The van der Waals surface area contributed by atoms with Gasteiger partial charge < -0.3 is 4.42 Å². The van der Waals surface area contributed by atoms with Crippen LogP contribution in [0.5, 0.6) is 0 Å². The van der Waals surface area contributed by atoms with Crippen LogP contribution in [0, 0.1) is 0 Å². The third kappa shape index (κ3) is 1.71. The normalized spacial score (nSPS) is 10.2. The molecule has 0 amide bonds. The molecule has 5 heteroatoms. The second kappa shape index (κ2) is 3.43. The summed E-state index contributed by atoms with van der Waals surface area (Å²) in [7, 11) is 0. The van der Waals surface area contributed by atoms with Gasteiger partial charge in [-0.15, -0.1) is 0 Å². The lowest BCUT2D eigenvalue weighted by Gasteiger charge is -1.88. The quantitative estimate of drug-likeness (QED) is 0.778. The molecule has 0 saturated carbocycles. The monoisotopic (exact) mass is 257 g/mol. The SMILES string of the molecule is O=C(c1coc(Br)c1)c1ccsn1. The Hall–Kier alpha value is -0.940. The van der Waals surface area contributed by atoms with Crippen molar-refractivity contribution in [3.63, 3.8) is 0 Å². The third-order valence-electron chi connectivity index (χ3n) is 1.50. The van der Waals surface area contributed by atoms with E-state index in [2.05, 4.69) is 20.3 Å². The molecular weight excluding hydrogens is 254 g/mol. The van der Waals surface area contributed by atoms with Gasteiger partial charge in [-0.1, -0.05) is 0 Å². The Kier molecular flexibility index (Phi) is 2.28. The summed E-state index contributed by atoms with van der Waals surface area (Å²) in [4.78, 5) is 11.6. The Morgan fingerprint density at radius 1 is 1.62 bits per heavy atom. The van der Waals surface area contributed by atoms with Gasteiger partial charge in [0.2, 0.25) is 5.78 Å². The zero-order valence-electron chi connectivity index (χ0n) is 6.36. The molecule has 0 unspecified atom stereocenters. The molecule has 0 bridgehead atoms. The van der Waals surface area contributed by atoms with Gasteiger partial charge in [0.05, 0.1) is 5.56 Å². The average molecular weight is 258 g/mol. The first kappa shape index (κ1) is 8.65. The first-order chi connectivity index (χ1) is 6.27. The molecule has 0 radical (unpaired) electrons. The van der Waals surface area contributed by atoms with Crippen molar-refractivity contribution in [1.82, 2.24) is 4.37 Å². The molecule has 0 N–H and O–H groups in total. The van der Waals surface area contributed by atoms with Gasteiger partial charge in [0.15, 0.2) is 4.67 Å². The van der Waals surface area contributed by atoms with Gasteiger partial charge in [-0.05, 0) is 33.5 Å². The Labute approximate surface area is 86.7 Å². The van der Waals surface area contributed by atoms with Crippen LogP contribution in [-0.4, -0.2) is 10.2 Å². The number of hydrogen-bond acceptors (Lipinski definition) is 4. The highest BCUT2D eigenvalue weighted by atomic mass is 79.9. The van der Waals surface area contributed by atoms with Crippen LogP contribution in [0.3, 0.4) is 0 Å². The zero-order valence-corrected chi connectivity index (χ0v) is 8.76. The summed E-state index contributed by atoms with van der Waals surface area (Å²) in [5.74, 6) is -0.115. The van der Waals surface area contributed by atoms with Crippen LogP contribution in [0.4, 0.5) is 0 Å². The van der Waals surface area contributed by atoms with E-state index in [1.807, 2.05) is 0 Å². The highest BCUT2D eigenvalue weighted by molar-refractivity contribution is 9.10. The number of carbonyl (C=O) groups is 1. The first-order valence-corrected chi connectivity index (χ1v) is 5.09. The third-order valence-corrected chi connectivity index (χ3v) is 2.48. The van der Waals surface area contributed by atoms with Crippen molar-refractivity contribution >= 4 is 33.2 Å². The van der Waals surface area contributed by atoms with E-state index >= 15 is 0 Å². The average Bonchev–Trinajstić information content (AvgIpc) is 2.72. The van der Waals surface area contributed by atoms with Crippen LogP contribution in [0.1, 0.15) is 16.1 Å². The van der Waals surface area contributed by atoms with Crippen molar-refractivity contribution in [3.8, 4) is 0 Å². The Balaban J connectivity index is 2.33. The van der Waals surface area contributed by atoms with E-state index in [0.29, 0.717) is 15.9 Å². The van der Waals surface area contributed by atoms with Gasteiger partial charge in [-0.3, -0.25) is 4.79 Å². The maximum atomic E-state index is 11.6. The van der Waals surface area contributed by atoms with Gasteiger partial charge in [0.25, 0.3) is 0 Å². The van der Waals surface area contributed by atoms with E-state index in [9.17, 15) is 4.79 Å². The summed E-state index contributed by atoms with van der Waals surface area (Å²) in [6.45, 7) is 0. The molecule has 2 heterocycles. The van der Waals surface area contributed by atoms with Gasteiger partial charge in [0, 0.05) is 11.4 Å². The Morgan fingerprint density at radius 3 is 3.00 bits per heavy atom. The van der Waals surface area contributed by atoms with E-state index < -0.39 is 0 Å². The lowest BCUT2D eigenvalue weighted by atomic mass is 10.2. The van der Waals surface area contributed by atoms with Crippen molar-refractivity contribution < 1.29 is 9.21 Å². The molecule has 13 heavy (non-hydrogen) atoms. The van der Waals surface area contributed by atoms with Crippen LogP contribution in [-0.2, 0) is 0 Å². The molecule has 3 nitrogen and oxygen atoms in total. The predicted octanol–water partition coefficient (Wildman–Crippen LogP) is 2.73. The largest absolute Gasteiger partial charge is 0.457 e. The lowest BCUT2D eigenvalue weighted by Crippen LogP contribution is -1.98. The van der Waals surface area contributed by atoms with Gasteiger partial charge in [-0.25, -0.2) is 0 Å². The second-order valence-corrected chi connectivity index (χ2v) is 3.80. The minimum atomic E-state index is -0.115. The molecule has 0 fully saturated rings. The maximum absolute atomic E-state index is 11.6. The molecule has 0 aliphatic carbocycles. The molecule has 0 atom stereocenters. The van der Waals surface area contributed by atoms with Crippen LogP contribution < -0.4 is 0 Å². The summed E-state index contributed by atoms with van der Waals surface area (Å²) in [6, 6.07) is 3.32.